The van der Waals surface area contributed by atoms with Crippen molar-refractivity contribution in [3.63, 3.8) is 0 Å². The quantitative estimate of drug-likeness (QED) is 0.837. The van der Waals surface area contributed by atoms with Crippen molar-refractivity contribution in [1.82, 2.24) is 25.0 Å². The van der Waals surface area contributed by atoms with Crippen LogP contribution in [-0.2, 0) is 13.5 Å². The first-order valence-electron chi connectivity index (χ1n) is 5.72. The van der Waals surface area contributed by atoms with Gasteiger partial charge >= 0.3 is 0 Å². The highest BCUT2D eigenvalue weighted by Crippen LogP contribution is 2.13. The SMILES string of the molecule is CCC(Cc1nc(-c2nccn2C)no1)NC. The minimum Gasteiger partial charge on any atom is -0.339 e. The Kier molecular flexibility index (Phi) is 3.53. The normalized spacial score (nSPS) is 12.9. The molecule has 0 amide bonds. The van der Waals surface area contributed by atoms with Gasteiger partial charge in [0.15, 0.2) is 5.82 Å². The summed E-state index contributed by atoms with van der Waals surface area (Å²) in [5.74, 6) is 1.90. The Bertz CT molecular complexity index is 472. The van der Waals surface area contributed by atoms with Crippen LogP contribution in [0.1, 0.15) is 19.2 Å². The average Bonchev–Trinajstić information content (AvgIpc) is 2.94. The Balaban J connectivity index is 2.14. The van der Waals surface area contributed by atoms with Gasteiger partial charge in [-0.1, -0.05) is 12.1 Å². The fourth-order valence-corrected chi connectivity index (χ4v) is 1.67. The average molecular weight is 235 g/mol. The molecule has 0 spiro atoms. The van der Waals surface area contributed by atoms with Crippen LogP contribution < -0.4 is 5.32 Å². The van der Waals surface area contributed by atoms with Gasteiger partial charge in [-0.3, -0.25) is 0 Å². The first-order valence-corrected chi connectivity index (χ1v) is 5.72. The zero-order valence-electron chi connectivity index (χ0n) is 10.3. The minimum atomic E-state index is 0.365. The van der Waals surface area contributed by atoms with Crippen molar-refractivity contribution in [1.29, 1.82) is 0 Å². The Hall–Kier alpha value is -1.69. The summed E-state index contributed by atoms with van der Waals surface area (Å²) >= 11 is 0. The van der Waals surface area contributed by atoms with E-state index in [0.29, 0.717) is 17.8 Å². The molecule has 2 aromatic rings. The number of nitrogens with zero attached hydrogens (tertiary/aromatic N) is 4. The summed E-state index contributed by atoms with van der Waals surface area (Å²) in [6.07, 6.45) is 5.34. The van der Waals surface area contributed by atoms with E-state index < -0.39 is 0 Å². The number of nitrogens with one attached hydrogen (secondary N) is 1. The summed E-state index contributed by atoms with van der Waals surface area (Å²) < 4.78 is 7.09. The van der Waals surface area contributed by atoms with Crippen LogP contribution in [0.2, 0.25) is 0 Å². The molecule has 1 unspecified atom stereocenters. The molecule has 0 bridgehead atoms. The van der Waals surface area contributed by atoms with Gasteiger partial charge in [0.25, 0.3) is 0 Å². The lowest BCUT2D eigenvalue weighted by Gasteiger charge is -2.09. The van der Waals surface area contributed by atoms with Crippen molar-refractivity contribution < 1.29 is 4.52 Å². The second kappa shape index (κ2) is 5.09. The summed E-state index contributed by atoms with van der Waals surface area (Å²) in [4.78, 5) is 8.53. The Morgan fingerprint density at radius 1 is 1.53 bits per heavy atom. The summed E-state index contributed by atoms with van der Waals surface area (Å²) in [5, 5.41) is 7.15. The van der Waals surface area contributed by atoms with Gasteiger partial charge < -0.3 is 14.4 Å². The number of hydrogen-bond acceptors (Lipinski definition) is 5. The maximum Gasteiger partial charge on any atom is 0.238 e. The van der Waals surface area contributed by atoms with Crippen molar-refractivity contribution in [3.05, 3.63) is 18.3 Å². The van der Waals surface area contributed by atoms with E-state index in [-0.39, 0.29) is 0 Å². The summed E-state index contributed by atoms with van der Waals surface area (Å²) in [7, 11) is 3.84. The number of aromatic nitrogens is 4. The van der Waals surface area contributed by atoms with Gasteiger partial charge in [-0.15, -0.1) is 0 Å². The zero-order chi connectivity index (χ0) is 12.3. The topological polar surface area (TPSA) is 68.8 Å². The molecular weight excluding hydrogens is 218 g/mol. The second-order valence-corrected chi connectivity index (χ2v) is 3.97. The molecule has 0 saturated heterocycles. The molecule has 0 aliphatic heterocycles. The highest BCUT2D eigenvalue weighted by Gasteiger charge is 2.14. The molecule has 0 aliphatic carbocycles. The van der Waals surface area contributed by atoms with E-state index >= 15 is 0 Å². The molecular formula is C11H17N5O. The van der Waals surface area contributed by atoms with Crippen LogP contribution in [0.25, 0.3) is 11.6 Å². The van der Waals surface area contributed by atoms with Gasteiger partial charge in [0.1, 0.15) is 0 Å². The Morgan fingerprint density at radius 2 is 2.35 bits per heavy atom. The third kappa shape index (κ3) is 2.52. The number of imidazole rings is 1. The van der Waals surface area contributed by atoms with E-state index in [1.165, 1.54) is 0 Å². The van der Waals surface area contributed by atoms with Gasteiger partial charge in [-0.25, -0.2) is 4.98 Å². The number of hydrogen-bond donors (Lipinski definition) is 1. The van der Waals surface area contributed by atoms with Crippen LogP contribution >= 0.6 is 0 Å². The fraction of sp³-hybridized carbons (Fsp3) is 0.545. The molecule has 2 rings (SSSR count). The first-order chi connectivity index (χ1) is 8.24. The molecule has 0 aliphatic rings. The molecule has 92 valence electrons. The van der Waals surface area contributed by atoms with Crippen molar-refractivity contribution in [2.24, 2.45) is 7.05 Å². The number of likely N-dealkylation sites (N-methyl/N-ethyl adjacent to an activating group) is 1. The van der Waals surface area contributed by atoms with Gasteiger partial charge in [0, 0.05) is 31.9 Å². The Labute approximate surface area is 100 Å². The van der Waals surface area contributed by atoms with Gasteiger partial charge in [0.05, 0.1) is 0 Å². The van der Waals surface area contributed by atoms with Crippen LogP contribution in [0, 0.1) is 0 Å². The Morgan fingerprint density at radius 3 is 2.94 bits per heavy atom. The minimum absolute atomic E-state index is 0.365. The van der Waals surface area contributed by atoms with E-state index in [1.807, 2.05) is 24.9 Å². The van der Waals surface area contributed by atoms with Crippen molar-refractivity contribution in [3.8, 4) is 11.6 Å². The first kappa shape index (κ1) is 11.8. The second-order valence-electron chi connectivity index (χ2n) is 3.97. The van der Waals surface area contributed by atoms with Crippen LogP contribution in [0.3, 0.4) is 0 Å². The molecule has 2 heterocycles. The maximum atomic E-state index is 5.22. The summed E-state index contributed by atoms with van der Waals surface area (Å²) in [6, 6.07) is 0.365. The van der Waals surface area contributed by atoms with Crippen molar-refractivity contribution in [2.45, 2.75) is 25.8 Å². The lowest BCUT2D eigenvalue weighted by molar-refractivity contribution is 0.359. The van der Waals surface area contributed by atoms with E-state index in [0.717, 1.165) is 18.7 Å². The molecule has 1 N–H and O–H groups in total. The lowest BCUT2D eigenvalue weighted by Crippen LogP contribution is -2.26. The fourth-order valence-electron chi connectivity index (χ4n) is 1.67. The van der Waals surface area contributed by atoms with E-state index in [4.69, 9.17) is 4.52 Å². The zero-order valence-corrected chi connectivity index (χ0v) is 10.3. The molecule has 0 radical (unpaired) electrons. The summed E-state index contributed by atoms with van der Waals surface area (Å²) in [6.45, 7) is 2.12. The number of rotatable bonds is 5. The van der Waals surface area contributed by atoms with Crippen molar-refractivity contribution in [2.75, 3.05) is 7.05 Å². The molecule has 17 heavy (non-hydrogen) atoms. The molecule has 0 aromatic carbocycles. The van der Waals surface area contributed by atoms with Gasteiger partial charge in [-0.05, 0) is 13.5 Å². The maximum absolute atomic E-state index is 5.22. The highest BCUT2D eigenvalue weighted by atomic mass is 16.5. The van der Waals surface area contributed by atoms with Gasteiger partial charge in [0.2, 0.25) is 11.7 Å². The predicted molar refractivity (Wildman–Crippen MR) is 63.3 cm³/mol. The van der Waals surface area contributed by atoms with Crippen molar-refractivity contribution >= 4 is 0 Å². The monoisotopic (exact) mass is 235 g/mol. The van der Waals surface area contributed by atoms with Crippen LogP contribution in [-0.4, -0.2) is 32.8 Å². The van der Waals surface area contributed by atoms with E-state index in [1.54, 1.807) is 6.20 Å². The van der Waals surface area contributed by atoms with Gasteiger partial charge in [-0.2, -0.15) is 4.98 Å². The van der Waals surface area contributed by atoms with Crippen LogP contribution in [0.15, 0.2) is 16.9 Å². The summed E-state index contributed by atoms with van der Waals surface area (Å²) in [5.41, 5.74) is 0. The molecule has 1 atom stereocenters. The van der Waals surface area contributed by atoms with Crippen LogP contribution in [0.4, 0.5) is 0 Å². The van der Waals surface area contributed by atoms with E-state index in [9.17, 15) is 0 Å². The van der Waals surface area contributed by atoms with Crippen LogP contribution in [0.5, 0.6) is 0 Å². The molecule has 6 nitrogen and oxygen atoms in total. The third-order valence-corrected chi connectivity index (χ3v) is 2.81. The van der Waals surface area contributed by atoms with E-state index in [2.05, 4.69) is 27.4 Å². The lowest BCUT2D eigenvalue weighted by atomic mass is 10.1. The largest absolute Gasteiger partial charge is 0.339 e. The standard InChI is InChI=1S/C11H17N5O/c1-4-8(12-2)7-9-14-10(15-17-9)11-13-5-6-16(11)3/h5-6,8,12H,4,7H2,1-3H3. The molecule has 0 saturated carbocycles. The predicted octanol–water partition coefficient (Wildman–Crippen LogP) is 1.01. The smallest absolute Gasteiger partial charge is 0.238 e. The molecule has 0 fully saturated rings. The molecule has 2 aromatic heterocycles. The third-order valence-electron chi connectivity index (χ3n) is 2.81. The number of aryl methyl sites for hydroxylation is 1. The highest BCUT2D eigenvalue weighted by molar-refractivity contribution is 5.42. The molecule has 6 heteroatoms.